The number of halogens is 1. The van der Waals surface area contributed by atoms with Crippen molar-refractivity contribution in [1.82, 2.24) is 5.32 Å². The molecule has 94 valence electrons. The lowest BCUT2D eigenvalue weighted by Gasteiger charge is -2.12. The van der Waals surface area contributed by atoms with Crippen LogP contribution < -0.4 is 11.1 Å². The van der Waals surface area contributed by atoms with Crippen molar-refractivity contribution in [2.75, 3.05) is 24.3 Å². The van der Waals surface area contributed by atoms with E-state index in [2.05, 4.69) is 34.4 Å². The van der Waals surface area contributed by atoms with Gasteiger partial charge < -0.3 is 11.1 Å². The van der Waals surface area contributed by atoms with E-state index in [4.69, 9.17) is 5.73 Å². The average molecular weight is 317 g/mol. The first kappa shape index (κ1) is 14.4. The molecule has 1 atom stereocenters. The van der Waals surface area contributed by atoms with Gasteiger partial charge in [-0.2, -0.15) is 11.8 Å². The van der Waals surface area contributed by atoms with E-state index in [1.165, 1.54) is 0 Å². The van der Waals surface area contributed by atoms with E-state index in [0.717, 1.165) is 10.2 Å². The molecule has 1 aromatic carbocycles. The van der Waals surface area contributed by atoms with Gasteiger partial charge in [0.1, 0.15) is 0 Å². The van der Waals surface area contributed by atoms with E-state index in [-0.39, 0.29) is 5.91 Å². The third kappa shape index (κ3) is 4.60. The fraction of sp³-hybridized carbons (Fsp3) is 0.417. The summed E-state index contributed by atoms with van der Waals surface area (Å²) in [6, 6.07) is 5.23. The van der Waals surface area contributed by atoms with Crippen molar-refractivity contribution in [3.63, 3.8) is 0 Å². The van der Waals surface area contributed by atoms with E-state index < -0.39 is 0 Å². The lowest BCUT2D eigenvalue weighted by Crippen LogP contribution is -2.29. The van der Waals surface area contributed by atoms with Gasteiger partial charge in [0, 0.05) is 16.7 Å². The Kier molecular flexibility index (Phi) is 5.85. The fourth-order valence-electron chi connectivity index (χ4n) is 1.42. The Bertz CT molecular complexity index is 398. The average Bonchev–Trinajstić information content (AvgIpc) is 2.29. The van der Waals surface area contributed by atoms with Crippen LogP contribution in [0.1, 0.15) is 17.3 Å². The number of carbonyl (C=O) groups excluding carboxylic acids is 1. The molecule has 0 aliphatic rings. The summed E-state index contributed by atoms with van der Waals surface area (Å²) in [6.45, 7) is 2.80. The molecule has 0 radical (unpaired) electrons. The molecule has 0 fully saturated rings. The second-order valence-electron chi connectivity index (χ2n) is 4.01. The van der Waals surface area contributed by atoms with Crippen LogP contribution in [-0.2, 0) is 0 Å². The minimum absolute atomic E-state index is 0.0860. The van der Waals surface area contributed by atoms with Crippen LogP contribution >= 0.6 is 27.7 Å². The zero-order valence-corrected chi connectivity index (χ0v) is 12.4. The molecule has 1 aromatic rings. The molecule has 1 unspecified atom stereocenters. The maximum Gasteiger partial charge on any atom is 0.252 e. The molecule has 0 saturated heterocycles. The molecule has 0 spiro atoms. The van der Waals surface area contributed by atoms with Crippen molar-refractivity contribution in [3.05, 3.63) is 28.2 Å². The van der Waals surface area contributed by atoms with Gasteiger partial charge in [0.05, 0.1) is 5.56 Å². The van der Waals surface area contributed by atoms with Gasteiger partial charge in [-0.1, -0.05) is 6.92 Å². The van der Waals surface area contributed by atoms with E-state index in [0.29, 0.717) is 23.7 Å². The summed E-state index contributed by atoms with van der Waals surface area (Å²) in [5, 5.41) is 2.91. The zero-order chi connectivity index (χ0) is 12.8. The lowest BCUT2D eigenvalue weighted by molar-refractivity contribution is 0.0948. The molecule has 5 heteroatoms. The van der Waals surface area contributed by atoms with Crippen molar-refractivity contribution in [3.8, 4) is 0 Å². The second kappa shape index (κ2) is 6.91. The van der Waals surface area contributed by atoms with E-state index >= 15 is 0 Å². The van der Waals surface area contributed by atoms with Crippen LogP contribution in [0.3, 0.4) is 0 Å². The monoisotopic (exact) mass is 316 g/mol. The summed E-state index contributed by atoms with van der Waals surface area (Å²) in [7, 11) is 0. The van der Waals surface area contributed by atoms with Crippen LogP contribution in [0, 0.1) is 5.92 Å². The Morgan fingerprint density at radius 3 is 2.94 bits per heavy atom. The summed E-state index contributed by atoms with van der Waals surface area (Å²) in [5.74, 6) is 1.42. The maximum atomic E-state index is 11.9. The van der Waals surface area contributed by atoms with Crippen molar-refractivity contribution in [2.45, 2.75) is 6.92 Å². The molecule has 1 amide bonds. The van der Waals surface area contributed by atoms with Crippen molar-refractivity contribution < 1.29 is 4.79 Å². The molecule has 3 nitrogen and oxygen atoms in total. The van der Waals surface area contributed by atoms with Crippen molar-refractivity contribution in [1.29, 1.82) is 0 Å². The predicted octanol–water partition coefficient (Wildman–Crippen LogP) is 2.76. The molecule has 3 N–H and O–H groups in total. The molecule has 1 rings (SSSR count). The molecule has 17 heavy (non-hydrogen) atoms. The van der Waals surface area contributed by atoms with Gasteiger partial charge in [-0.25, -0.2) is 0 Å². The molecular weight excluding hydrogens is 300 g/mol. The Hall–Kier alpha value is -0.680. The van der Waals surface area contributed by atoms with Crippen molar-refractivity contribution >= 4 is 39.3 Å². The maximum absolute atomic E-state index is 11.9. The summed E-state index contributed by atoms with van der Waals surface area (Å²) in [5.41, 5.74) is 6.84. The van der Waals surface area contributed by atoms with Gasteiger partial charge in [-0.05, 0) is 52.1 Å². The Morgan fingerprint density at radius 2 is 2.29 bits per heavy atom. The second-order valence-corrected chi connectivity index (χ2v) is 5.77. The third-order valence-electron chi connectivity index (χ3n) is 2.30. The first-order valence-corrected chi connectivity index (χ1v) is 7.55. The molecule has 0 aromatic heterocycles. The summed E-state index contributed by atoms with van der Waals surface area (Å²) in [6.07, 6.45) is 2.06. The largest absolute Gasteiger partial charge is 0.399 e. The van der Waals surface area contributed by atoms with Gasteiger partial charge in [0.2, 0.25) is 0 Å². The third-order valence-corrected chi connectivity index (χ3v) is 3.89. The van der Waals surface area contributed by atoms with E-state index in [1.807, 2.05) is 0 Å². The summed E-state index contributed by atoms with van der Waals surface area (Å²) < 4.78 is 0.765. The first-order valence-electron chi connectivity index (χ1n) is 5.36. The van der Waals surface area contributed by atoms with Gasteiger partial charge in [-0.3, -0.25) is 4.79 Å². The van der Waals surface area contributed by atoms with Crippen LogP contribution in [0.15, 0.2) is 22.7 Å². The number of thioether (sulfide) groups is 1. The summed E-state index contributed by atoms with van der Waals surface area (Å²) in [4.78, 5) is 11.9. The number of carbonyl (C=O) groups is 1. The van der Waals surface area contributed by atoms with E-state index in [9.17, 15) is 4.79 Å². The lowest BCUT2D eigenvalue weighted by atomic mass is 10.1. The minimum Gasteiger partial charge on any atom is -0.399 e. The Morgan fingerprint density at radius 1 is 1.59 bits per heavy atom. The highest BCUT2D eigenvalue weighted by atomic mass is 79.9. The van der Waals surface area contributed by atoms with Crippen molar-refractivity contribution in [2.24, 2.45) is 5.92 Å². The number of hydrogen-bond acceptors (Lipinski definition) is 3. The minimum atomic E-state index is -0.0860. The number of nitrogen functional groups attached to an aromatic ring is 1. The highest BCUT2D eigenvalue weighted by molar-refractivity contribution is 9.10. The van der Waals surface area contributed by atoms with Crippen LogP contribution in [0.25, 0.3) is 0 Å². The highest BCUT2D eigenvalue weighted by Crippen LogP contribution is 2.19. The Balaban J connectivity index is 2.61. The molecule has 0 aliphatic carbocycles. The zero-order valence-electron chi connectivity index (χ0n) is 10.00. The SMILES string of the molecule is CSCC(C)CNC(=O)c1cc(N)ccc1Br. The number of anilines is 1. The summed E-state index contributed by atoms with van der Waals surface area (Å²) >= 11 is 5.13. The highest BCUT2D eigenvalue weighted by Gasteiger charge is 2.11. The van der Waals surface area contributed by atoms with Crippen LogP contribution in [0.5, 0.6) is 0 Å². The normalized spacial score (nSPS) is 12.2. The number of rotatable bonds is 5. The van der Waals surface area contributed by atoms with Crippen LogP contribution in [0.4, 0.5) is 5.69 Å². The number of benzene rings is 1. The smallest absolute Gasteiger partial charge is 0.252 e. The van der Waals surface area contributed by atoms with Gasteiger partial charge in [0.15, 0.2) is 0 Å². The van der Waals surface area contributed by atoms with Crippen LogP contribution in [-0.4, -0.2) is 24.5 Å². The molecular formula is C12H17BrN2OS. The topological polar surface area (TPSA) is 55.1 Å². The Labute approximate surface area is 115 Å². The molecule has 0 saturated carbocycles. The van der Waals surface area contributed by atoms with Gasteiger partial charge in [-0.15, -0.1) is 0 Å². The molecule has 0 heterocycles. The number of hydrogen-bond donors (Lipinski definition) is 2. The fourth-order valence-corrected chi connectivity index (χ4v) is 2.54. The number of nitrogens with one attached hydrogen (secondary N) is 1. The molecule has 0 bridgehead atoms. The predicted molar refractivity (Wildman–Crippen MR) is 78.4 cm³/mol. The quantitative estimate of drug-likeness (QED) is 0.821. The van der Waals surface area contributed by atoms with Crippen LogP contribution in [0.2, 0.25) is 0 Å². The number of amides is 1. The molecule has 0 aliphatic heterocycles. The van der Waals surface area contributed by atoms with Gasteiger partial charge >= 0.3 is 0 Å². The first-order chi connectivity index (χ1) is 8.04. The number of nitrogens with two attached hydrogens (primary N) is 1. The van der Waals surface area contributed by atoms with Gasteiger partial charge in [0.25, 0.3) is 5.91 Å². The standard InChI is InChI=1S/C12H17BrN2OS/c1-8(7-17-2)6-15-12(16)10-5-9(14)3-4-11(10)13/h3-5,8H,6-7,14H2,1-2H3,(H,15,16). The van der Waals surface area contributed by atoms with E-state index in [1.54, 1.807) is 30.0 Å².